The van der Waals surface area contributed by atoms with Gasteiger partial charge in [-0.25, -0.2) is 0 Å². The minimum atomic E-state index is -0.151. The third-order valence-corrected chi connectivity index (χ3v) is 1.40. The van der Waals surface area contributed by atoms with E-state index in [4.69, 9.17) is 0 Å². The second-order valence-electron chi connectivity index (χ2n) is 2.44. The number of carbonyl (C=O) groups is 2. The highest BCUT2D eigenvalue weighted by Crippen LogP contribution is 1.97. The van der Waals surface area contributed by atoms with Crippen LogP contribution in [0.1, 0.15) is 6.92 Å². The van der Waals surface area contributed by atoms with Crippen molar-refractivity contribution in [2.45, 2.75) is 6.92 Å². The summed E-state index contributed by atoms with van der Waals surface area (Å²) in [6, 6.07) is 0. The first-order valence-corrected chi connectivity index (χ1v) is 3.62. The van der Waals surface area contributed by atoms with Gasteiger partial charge >= 0.3 is 0 Å². The summed E-state index contributed by atoms with van der Waals surface area (Å²) in [5.41, 5.74) is 0.578. The van der Waals surface area contributed by atoms with Gasteiger partial charge in [-0.3, -0.25) is 4.79 Å². The van der Waals surface area contributed by atoms with E-state index < -0.39 is 0 Å². The van der Waals surface area contributed by atoms with Crippen LogP contribution in [0.5, 0.6) is 0 Å². The topological polar surface area (TPSA) is 37.4 Å². The molecule has 0 aromatic heterocycles. The van der Waals surface area contributed by atoms with Gasteiger partial charge in [0, 0.05) is 12.6 Å². The van der Waals surface area contributed by atoms with Crippen LogP contribution >= 0.6 is 0 Å². The van der Waals surface area contributed by atoms with Crippen LogP contribution in [0, 0.1) is 0 Å². The molecule has 0 heterocycles. The summed E-state index contributed by atoms with van der Waals surface area (Å²) in [4.78, 5) is 22.7. The number of allylic oxidation sites excluding steroid dienone is 2. The molecule has 0 rings (SSSR count). The molecule has 0 saturated carbocycles. The summed E-state index contributed by atoms with van der Waals surface area (Å²) in [7, 11) is 1.58. The lowest BCUT2D eigenvalue weighted by atomic mass is 10.2. The summed E-state index contributed by atoms with van der Waals surface area (Å²) in [6.07, 6.45) is 3.85. The number of likely N-dealkylation sites (N-methyl/N-ethyl adjacent to an activating group) is 1. The van der Waals surface area contributed by atoms with Crippen molar-refractivity contribution in [1.29, 1.82) is 0 Å². The average molecular weight is 167 g/mol. The third-order valence-electron chi connectivity index (χ3n) is 1.40. The van der Waals surface area contributed by atoms with Gasteiger partial charge in [0.05, 0.1) is 6.54 Å². The molecular weight excluding hydrogens is 154 g/mol. The smallest absolute Gasteiger partial charge is 0.249 e. The lowest BCUT2D eigenvalue weighted by Gasteiger charge is -2.13. The number of rotatable bonds is 4. The fraction of sp³-hybridized carbons (Fsp3) is 0.333. The fourth-order valence-corrected chi connectivity index (χ4v) is 0.744. The number of nitrogens with zero attached hydrogens (tertiary/aromatic N) is 1. The van der Waals surface area contributed by atoms with Crippen molar-refractivity contribution in [2.75, 3.05) is 13.6 Å². The van der Waals surface area contributed by atoms with Gasteiger partial charge in [-0.15, -0.1) is 0 Å². The van der Waals surface area contributed by atoms with Crippen molar-refractivity contribution < 1.29 is 9.59 Å². The molecule has 0 saturated heterocycles. The number of hydrogen-bond acceptors (Lipinski definition) is 2. The Kier molecular flexibility index (Phi) is 4.69. The van der Waals surface area contributed by atoms with Crippen LogP contribution in [-0.2, 0) is 9.59 Å². The maximum absolute atomic E-state index is 11.3. The second-order valence-corrected chi connectivity index (χ2v) is 2.44. The van der Waals surface area contributed by atoms with Gasteiger partial charge < -0.3 is 9.69 Å². The molecule has 3 heteroatoms. The molecule has 0 aromatic rings. The first kappa shape index (κ1) is 10.6. The van der Waals surface area contributed by atoms with Gasteiger partial charge in [0.25, 0.3) is 0 Å². The van der Waals surface area contributed by atoms with Gasteiger partial charge in [-0.2, -0.15) is 0 Å². The predicted molar refractivity (Wildman–Crippen MR) is 47.7 cm³/mol. The lowest BCUT2D eigenvalue weighted by Crippen LogP contribution is -2.28. The van der Waals surface area contributed by atoms with E-state index in [1.807, 2.05) is 0 Å². The van der Waals surface area contributed by atoms with Crippen molar-refractivity contribution >= 4 is 12.2 Å². The Morgan fingerprint density at radius 2 is 2.17 bits per heavy atom. The van der Waals surface area contributed by atoms with Gasteiger partial charge in [0.2, 0.25) is 5.91 Å². The van der Waals surface area contributed by atoms with E-state index in [-0.39, 0.29) is 12.5 Å². The number of aldehydes is 1. The molecule has 0 unspecified atom stereocenters. The minimum absolute atomic E-state index is 0.126. The number of carbonyl (C=O) groups excluding carboxylic acids is 2. The van der Waals surface area contributed by atoms with E-state index in [1.54, 1.807) is 26.1 Å². The van der Waals surface area contributed by atoms with Gasteiger partial charge in [0.15, 0.2) is 0 Å². The first-order chi connectivity index (χ1) is 5.63. The molecule has 0 aliphatic carbocycles. The fourth-order valence-electron chi connectivity index (χ4n) is 0.744. The quantitative estimate of drug-likeness (QED) is 0.352. The highest BCUT2D eigenvalue weighted by atomic mass is 16.2. The summed E-state index contributed by atoms with van der Waals surface area (Å²) in [6.45, 7) is 5.28. The number of hydrogen-bond donors (Lipinski definition) is 0. The summed E-state index contributed by atoms with van der Waals surface area (Å²) in [5.74, 6) is -0.151. The molecule has 66 valence electrons. The van der Waals surface area contributed by atoms with Crippen molar-refractivity contribution in [3.8, 4) is 0 Å². The summed E-state index contributed by atoms with van der Waals surface area (Å²) >= 11 is 0. The second kappa shape index (κ2) is 5.29. The summed E-state index contributed by atoms with van der Waals surface area (Å²) in [5, 5.41) is 0. The van der Waals surface area contributed by atoms with Crippen molar-refractivity contribution in [3.05, 3.63) is 24.3 Å². The van der Waals surface area contributed by atoms with Crippen molar-refractivity contribution in [3.63, 3.8) is 0 Å². The molecule has 0 fully saturated rings. The Hall–Kier alpha value is -1.38. The molecule has 12 heavy (non-hydrogen) atoms. The normalized spacial score (nSPS) is 10.7. The Balaban J connectivity index is 4.27. The molecule has 0 atom stereocenters. The van der Waals surface area contributed by atoms with Gasteiger partial charge in [0.1, 0.15) is 6.29 Å². The van der Waals surface area contributed by atoms with Crippen LogP contribution in [0.15, 0.2) is 24.3 Å². The predicted octanol–water partition coefficient (Wildman–Crippen LogP) is 0.776. The van der Waals surface area contributed by atoms with Crippen LogP contribution in [-0.4, -0.2) is 30.7 Å². The van der Waals surface area contributed by atoms with E-state index in [0.29, 0.717) is 11.9 Å². The molecule has 0 aliphatic heterocycles. The van der Waals surface area contributed by atoms with Crippen molar-refractivity contribution in [1.82, 2.24) is 4.90 Å². The zero-order chi connectivity index (χ0) is 9.56. The van der Waals surface area contributed by atoms with Gasteiger partial charge in [-0.1, -0.05) is 18.7 Å². The van der Waals surface area contributed by atoms with Crippen LogP contribution in [0.25, 0.3) is 0 Å². The highest BCUT2D eigenvalue weighted by molar-refractivity contribution is 5.93. The number of amides is 1. The molecule has 0 aromatic carbocycles. The zero-order valence-electron chi connectivity index (χ0n) is 7.41. The first-order valence-electron chi connectivity index (χ1n) is 3.62. The van der Waals surface area contributed by atoms with Crippen LogP contribution < -0.4 is 0 Å². The van der Waals surface area contributed by atoms with Crippen LogP contribution in [0.4, 0.5) is 0 Å². The van der Waals surface area contributed by atoms with Crippen LogP contribution in [0.2, 0.25) is 0 Å². The third kappa shape index (κ3) is 3.14. The largest absolute Gasteiger partial charge is 0.335 e. The van der Waals surface area contributed by atoms with E-state index >= 15 is 0 Å². The Labute approximate surface area is 72.4 Å². The maximum atomic E-state index is 11.3. The standard InChI is InChI=1S/C9H13NO2/c1-4-5-8(2)9(12)10(3)6-7-11/h4-5,7H,1,6H2,2-3H3/b8-5+. The molecule has 0 bridgehead atoms. The molecule has 0 radical (unpaired) electrons. The van der Waals surface area contributed by atoms with E-state index in [1.165, 1.54) is 4.90 Å². The minimum Gasteiger partial charge on any atom is -0.335 e. The van der Waals surface area contributed by atoms with Crippen molar-refractivity contribution in [2.24, 2.45) is 0 Å². The molecule has 0 spiro atoms. The molecule has 0 aliphatic rings. The Morgan fingerprint density at radius 1 is 1.58 bits per heavy atom. The SMILES string of the molecule is C=C/C=C(\C)C(=O)N(C)CC=O. The van der Waals surface area contributed by atoms with E-state index in [0.717, 1.165) is 0 Å². The summed E-state index contributed by atoms with van der Waals surface area (Å²) < 4.78 is 0. The monoisotopic (exact) mass is 167 g/mol. The van der Waals surface area contributed by atoms with Crippen LogP contribution in [0.3, 0.4) is 0 Å². The maximum Gasteiger partial charge on any atom is 0.249 e. The van der Waals surface area contributed by atoms with E-state index in [9.17, 15) is 9.59 Å². The highest BCUT2D eigenvalue weighted by Gasteiger charge is 2.08. The Morgan fingerprint density at radius 3 is 2.58 bits per heavy atom. The molecule has 0 N–H and O–H groups in total. The molecule has 3 nitrogen and oxygen atoms in total. The van der Waals surface area contributed by atoms with Gasteiger partial charge in [-0.05, 0) is 6.92 Å². The van der Waals surface area contributed by atoms with E-state index in [2.05, 4.69) is 6.58 Å². The lowest BCUT2D eigenvalue weighted by molar-refractivity contribution is -0.128. The average Bonchev–Trinajstić information content (AvgIpc) is 2.04. The molecular formula is C9H13NO2. The molecule has 1 amide bonds. The Bertz CT molecular complexity index is 219. The zero-order valence-corrected chi connectivity index (χ0v) is 7.41.